The molecule has 1 fully saturated rings. The van der Waals surface area contributed by atoms with Crippen LogP contribution < -0.4 is 5.73 Å². The van der Waals surface area contributed by atoms with Gasteiger partial charge in [0.1, 0.15) is 11.6 Å². The van der Waals surface area contributed by atoms with Crippen LogP contribution in [-0.4, -0.2) is 44.7 Å². The van der Waals surface area contributed by atoms with Gasteiger partial charge in [0.15, 0.2) is 0 Å². The number of likely N-dealkylation sites (tertiary alicyclic amines) is 1. The highest BCUT2D eigenvalue weighted by Crippen LogP contribution is 2.19. The Hall–Kier alpha value is -1.43. The minimum atomic E-state index is -0.408. The number of nitrogens with two attached hydrogens (primary N) is 1. The highest BCUT2D eigenvalue weighted by molar-refractivity contribution is 5.81. The van der Waals surface area contributed by atoms with Crippen LogP contribution in [0.1, 0.15) is 31.4 Å². The largest absolute Gasteiger partial charge is 0.341 e. The molecule has 2 heterocycles. The first-order valence-corrected chi connectivity index (χ1v) is 6.89. The van der Waals surface area contributed by atoms with E-state index in [-0.39, 0.29) is 5.91 Å². The molecular weight excluding hydrogens is 242 g/mol. The number of nitrogens with zero attached hydrogens (tertiary/aromatic N) is 4. The number of aromatic nitrogens is 3. The van der Waals surface area contributed by atoms with E-state index in [1.807, 2.05) is 23.4 Å². The molecule has 6 nitrogen and oxygen atoms in total. The minimum absolute atomic E-state index is 0.0520. The Morgan fingerprint density at radius 3 is 2.84 bits per heavy atom. The third-order valence-electron chi connectivity index (χ3n) is 3.61. The second kappa shape index (κ2) is 5.69. The first-order chi connectivity index (χ1) is 8.97. The lowest BCUT2D eigenvalue weighted by molar-refractivity contribution is -0.134. The summed E-state index contributed by atoms with van der Waals surface area (Å²) in [6, 6.07) is -0.408. The first kappa shape index (κ1) is 14.0. The molecule has 1 amide bonds. The van der Waals surface area contributed by atoms with E-state index in [4.69, 9.17) is 5.73 Å². The van der Waals surface area contributed by atoms with E-state index in [2.05, 4.69) is 10.1 Å². The summed E-state index contributed by atoms with van der Waals surface area (Å²) in [7, 11) is 0. The van der Waals surface area contributed by atoms with Crippen molar-refractivity contribution in [1.82, 2.24) is 19.7 Å². The maximum atomic E-state index is 11.9. The molecule has 2 unspecified atom stereocenters. The van der Waals surface area contributed by atoms with Crippen molar-refractivity contribution >= 4 is 5.91 Å². The second-order valence-electron chi connectivity index (χ2n) is 5.47. The van der Waals surface area contributed by atoms with Crippen LogP contribution in [0.25, 0.3) is 0 Å². The monoisotopic (exact) mass is 265 g/mol. The van der Waals surface area contributed by atoms with E-state index in [1.54, 1.807) is 6.92 Å². The molecule has 0 aromatic carbocycles. The fourth-order valence-corrected chi connectivity index (χ4v) is 2.68. The summed E-state index contributed by atoms with van der Waals surface area (Å²) in [5.41, 5.74) is 5.67. The maximum Gasteiger partial charge on any atom is 0.239 e. The van der Waals surface area contributed by atoms with Crippen LogP contribution in [0.2, 0.25) is 0 Å². The van der Waals surface area contributed by atoms with E-state index in [0.29, 0.717) is 5.92 Å². The van der Waals surface area contributed by atoms with Gasteiger partial charge in [-0.05, 0) is 39.5 Å². The fourth-order valence-electron chi connectivity index (χ4n) is 2.68. The van der Waals surface area contributed by atoms with Crippen molar-refractivity contribution in [2.45, 2.75) is 46.2 Å². The maximum absolute atomic E-state index is 11.9. The Morgan fingerprint density at radius 1 is 1.53 bits per heavy atom. The van der Waals surface area contributed by atoms with Crippen LogP contribution in [0.4, 0.5) is 0 Å². The van der Waals surface area contributed by atoms with Crippen LogP contribution in [-0.2, 0) is 11.3 Å². The van der Waals surface area contributed by atoms with Crippen LogP contribution in [0.5, 0.6) is 0 Å². The molecule has 1 aromatic rings. The van der Waals surface area contributed by atoms with E-state index >= 15 is 0 Å². The fraction of sp³-hybridized carbons (Fsp3) is 0.769. The third-order valence-corrected chi connectivity index (χ3v) is 3.61. The Morgan fingerprint density at radius 2 is 2.26 bits per heavy atom. The second-order valence-corrected chi connectivity index (χ2v) is 5.47. The normalized spacial score (nSPS) is 21.5. The molecule has 2 rings (SSSR count). The summed E-state index contributed by atoms with van der Waals surface area (Å²) in [4.78, 5) is 18.1. The lowest BCUT2D eigenvalue weighted by Crippen LogP contribution is -2.47. The van der Waals surface area contributed by atoms with Crippen molar-refractivity contribution in [3.63, 3.8) is 0 Å². The van der Waals surface area contributed by atoms with Gasteiger partial charge in [-0.1, -0.05) is 0 Å². The van der Waals surface area contributed by atoms with Gasteiger partial charge in [-0.3, -0.25) is 4.79 Å². The summed E-state index contributed by atoms with van der Waals surface area (Å²) >= 11 is 0. The van der Waals surface area contributed by atoms with Crippen molar-refractivity contribution in [1.29, 1.82) is 0 Å². The highest BCUT2D eigenvalue weighted by Gasteiger charge is 2.26. The zero-order chi connectivity index (χ0) is 14.0. The van der Waals surface area contributed by atoms with Gasteiger partial charge in [0.05, 0.1) is 6.04 Å². The number of piperidine rings is 1. The molecule has 1 saturated heterocycles. The topological polar surface area (TPSA) is 77.0 Å². The Kier molecular flexibility index (Phi) is 4.19. The smallest absolute Gasteiger partial charge is 0.239 e. The number of hydrogen-bond acceptors (Lipinski definition) is 4. The minimum Gasteiger partial charge on any atom is -0.341 e. The molecule has 1 aliphatic heterocycles. The average Bonchev–Trinajstić information content (AvgIpc) is 2.67. The van der Waals surface area contributed by atoms with E-state index in [0.717, 1.165) is 44.1 Å². The molecule has 0 radical (unpaired) electrons. The SMILES string of the molecule is Cc1nc(C)n(CC2CCCN(C(=O)C(C)N)C2)n1. The van der Waals surface area contributed by atoms with Gasteiger partial charge in [0.25, 0.3) is 0 Å². The molecule has 19 heavy (non-hydrogen) atoms. The van der Waals surface area contributed by atoms with Crippen molar-refractivity contribution in [2.75, 3.05) is 13.1 Å². The standard InChI is InChI=1S/C13H23N5O/c1-9(14)13(19)17-6-4-5-12(7-17)8-18-11(3)15-10(2)16-18/h9,12H,4-8,14H2,1-3H3. The lowest BCUT2D eigenvalue weighted by atomic mass is 9.97. The number of carbonyl (C=O) groups excluding carboxylic acids is 1. The van der Waals surface area contributed by atoms with Gasteiger partial charge >= 0.3 is 0 Å². The molecule has 2 N–H and O–H groups in total. The van der Waals surface area contributed by atoms with Crippen molar-refractivity contribution in [2.24, 2.45) is 11.7 Å². The van der Waals surface area contributed by atoms with Gasteiger partial charge in [-0.25, -0.2) is 9.67 Å². The molecule has 0 spiro atoms. The summed E-state index contributed by atoms with van der Waals surface area (Å²) in [6.45, 7) is 8.04. The number of aryl methyl sites for hydroxylation is 2. The molecule has 1 aliphatic rings. The molecule has 0 aliphatic carbocycles. The number of hydrogen-bond donors (Lipinski definition) is 1. The van der Waals surface area contributed by atoms with Gasteiger partial charge in [-0.15, -0.1) is 0 Å². The van der Waals surface area contributed by atoms with Crippen LogP contribution >= 0.6 is 0 Å². The van der Waals surface area contributed by atoms with Crippen molar-refractivity contribution < 1.29 is 4.79 Å². The molecule has 2 atom stereocenters. The van der Waals surface area contributed by atoms with Crippen molar-refractivity contribution in [3.8, 4) is 0 Å². The Balaban J connectivity index is 1.98. The van der Waals surface area contributed by atoms with Crippen LogP contribution in [0, 0.1) is 19.8 Å². The van der Waals surface area contributed by atoms with Gasteiger partial charge < -0.3 is 10.6 Å². The predicted octanol–water partition coefficient (Wildman–Crippen LogP) is 0.481. The Labute approximate surface area is 114 Å². The predicted molar refractivity (Wildman–Crippen MR) is 72.4 cm³/mol. The van der Waals surface area contributed by atoms with Crippen molar-refractivity contribution in [3.05, 3.63) is 11.6 Å². The van der Waals surface area contributed by atoms with E-state index in [1.165, 1.54) is 0 Å². The molecule has 0 bridgehead atoms. The zero-order valence-corrected chi connectivity index (χ0v) is 12.0. The molecule has 1 aromatic heterocycles. The lowest BCUT2D eigenvalue weighted by Gasteiger charge is -2.33. The van der Waals surface area contributed by atoms with Gasteiger partial charge in [-0.2, -0.15) is 5.10 Å². The zero-order valence-electron chi connectivity index (χ0n) is 12.0. The molecule has 0 saturated carbocycles. The van der Waals surface area contributed by atoms with Gasteiger partial charge in [0.2, 0.25) is 5.91 Å². The third kappa shape index (κ3) is 3.32. The van der Waals surface area contributed by atoms with E-state index in [9.17, 15) is 4.79 Å². The summed E-state index contributed by atoms with van der Waals surface area (Å²) < 4.78 is 1.94. The average molecular weight is 265 g/mol. The Bertz CT molecular complexity index is 454. The van der Waals surface area contributed by atoms with E-state index < -0.39 is 6.04 Å². The summed E-state index contributed by atoms with van der Waals surface area (Å²) in [5.74, 6) is 2.23. The molecular formula is C13H23N5O. The van der Waals surface area contributed by atoms with Crippen LogP contribution in [0.15, 0.2) is 0 Å². The summed E-state index contributed by atoms with van der Waals surface area (Å²) in [5, 5.41) is 4.39. The highest BCUT2D eigenvalue weighted by atomic mass is 16.2. The number of rotatable bonds is 3. The summed E-state index contributed by atoms with van der Waals surface area (Å²) in [6.07, 6.45) is 2.16. The van der Waals surface area contributed by atoms with Gasteiger partial charge in [0, 0.05) is 19.6 Å². The quantitative estimate of drug-likeness (QED) is 0.862. The van der Waals surface area contributed by atoms with Crippen LogP contribution in [0.3, 0.4) is 0 Å². The first-order valence-electron chi connectivity index (χ1n) is 6.89. The molecule has 6 heteroatoms. The molecule has 106 valence electrons. The number of carbonyl (C=O) groups is 1. The number of amides is 1.